The molecule has 5 nitrogen and oxygen atoms in total. The predicted octanol–water partition coefficient (Wildman–Crippen LogP) is 7.46. The van der Waals surface area contributed by atoms with E-state index in [-0.39, 0.29) is 36.5 Å². The Morgan fingerprint density at radius 3 is 2.24 bits per heavy atom. The molecular weight excluding hydrogens is 485 g/mol. The highest BCUT2D eigenvalue weighted by Gasteiger charge is 2.28. The molecule has 0 saturated heterocycles. The molecule has 0 radical (unpaired) electrons. The molecule has 2 aromatic carbocycles. The molecule has 0 aromatic heterocycles. The van der Waals surface area contributed by atoms with Crippen LogP contribution in [0, 0.1) is 11.6 Å². The van der Waals surface area contributed by atoms with Crippen molar-refractivity contribution < 1.29 is 37.0 Å². The highest BCUT2D eigenvalue weighted by atomic mass is 19.2. The zero-order valence-electron chi connectivity index (χ0n) is 21.4. The second-order valence-corrected chi connectivity index (χ2v) is 9.42. The van der Waals surface area contributed by atoms with Gasteiger partial charge in [0.2, 0.25) is 5.82 Å². The highest BCUT2D eigenvalue weighted by molar-refractivity contribution is 5.91. The monoisotopic (exact) mass is 520 g/mol. The Bertz CT molecular complexity index is 1030. The maximum Gasteiger partial charge on any atom is 0.346 e. The maximum absolute atomic E-state index is 14.4. The zero-order chi connectivity index (χ0) is 26.8. The molecule has 1 aliphatic rings. The summed E-state index contributed by atoms with van der Waals surface area (Å²) in [7, 11) is 0. The first-order chi connectivity index (χ1) is 17.8. The van der Waals surface area contributed by atoms with Gasteiger partial charge in [0.05, 0.1) is 12.2 Å². The van der Waals surface area contributed by atoms with Crippen LogP contribution in [0.4, 0.5) is 13.2 Å². The van der Waals surface area contributed by atoms with E-state index in [2.05, 4.69) is 0 Å². The van der Waals surface area contributed by atoms with Crippen molar-refractivity contribution in [3.8, 4) is 11.5 Å². The summed E-state index contributed by atoms with van der Waals surface area (Å²) in [5.41, 5.74) is 0.518. The third-order valence-corrected chi connectivity index (χ3v) is 6.61. The Balaban J connectivity index is 1.51. The summed E-state index contributed by atoms with van der Waals surface area (Å²) >= 11 is 0. The summed E-state index contributed by atoms with van der Waals surface area (Å²) in [6, 6.07) is 9.23. The maximum atomic E-state index is 14.4. The fourth-order valence-electron chi connectivity index (χ4n) is 4.35. The molecule has 1 saturated carbocycles. The number of carbonyl (C=O) groups is 2. The van der Waals surface area contributed by atoms with Gasteiger partial charge in [-0.1, -0.05) is 45.2 Å². The summed E-state index contributed by atoms with van der Waals surface area (Å²) < 4.78 is 58.4. The minimum Gasteiger partial charge on any atom is -0.490 e. The molecule has 8 heteroatoms. The van der Waals surface area contributed by atoms with Crippen LogP contribution in [-0.4, -0.2) is 30.8 Å². The van der Waals surface area contributed by atoms with Gasteiger partial charge in [-0.3, -0.25) is 0 Å². The number of halogens is 3. The normalized spacial score (nSPS) is 18.2. The Labute approximate surface area is 216 Å². The first-order valence-corrected chi connectivity index (χ1v) is 13.1. The molecule has 0 bridgehead atoms. The fraction of sp³-hybridized carbons (Fsp3) is 0.517. The standard InChI is InChI=1S/C29H35F3O5/c1-3-5-7-24(30)29(34)37-22-14-10-20(11-15-22)19-8-12-21(13-9-19)36-28(33)23-16-17-25(27(32)26(23)31)35-18-6-4-2/h8-9,12-13,16-17,20,22,24H,3-7,10-11,14-15,18H2,1-2H3/t20?,22?,24-/m0/s1. The number of hydrogen-bond donors (Lipinski definition) is 0. The van der Waals surface area contributed by atoms with Gasteiger partial charge >= 0.3 is 11.9 Å². The van der Waals surface area contributed by atoms with Crippen LogP contribution in [0.2, 0.25) is 0 Å². The number of hydrogen-bond acceptors (Lipinski definition) is 5. The summed E-state index contributed by atoms with van der Waals surface area (Å²) in [6.45, 7) is 4.15. The molecule has 1 fully saturated rings. The van der Waals surface area contributed by atoms with E-state index in [1.165, 1.54) is 6.07 Å². The molecule has 0 N–H and O–H groups in total. The fourth-order valence-corrected chi connectivity index (χ4v) is 4.35. The second kappa shape index (κ2) is 14.1. The van der Waals surface area contributed by atoms with Crippen LogP contribution in [0.3, 0.4) is 0 Å². The number of alkyl halides is 1. The van der Waals surface area contributed by atoms with E-state index in [0.29, 0.717) is 25.7 Å². The second-order valence-electron chi connectivity index (χ2n) is 9.42. The van der Waals surface area contributed by atoms with Crippen LogP contribution in [-0.2, 0) is 9.53 Å². The van der Waals surface area contributed by atoms with E-state index in [0.717, 1.165) is 37.3 Å². The molecule has 0 aliphatic heterocycles. The molecule has 202 valence electrons. The Hall–Kier alpha value is -3.03. The molecule has 0 unspecified atom stereocenters. The minimum atomic E-state index is -1.56. The van der Waals surface area contributed by atoms with Crippen LogP contribution >= 0.6 is 0 Å². The summed E-state index contributed by atoms with van der Waals surface area (Å²) in [6.07, 6.45) is 4.25. The van der Waals surface area contributed by atoms with Crippen molar-refractivity contribution in [1.29, 1.82) is 0 Å². The predicted molar refractivity (Wildman–Crippen MR) is 134 cm³/mol. The van der Waals surface area contributed by atoms with E-state index in [1.807, 2.05) is 26.0 Å². The quantitative estimate of drug-likeness (QED) is 0.165. The van der Waals surface area contributed by atoms with Gasteiger partial charge in [-0.15, -0.1) is 0 Å². The number of unbranched alkanes of at least 4 members (excludes halogenated alkanes) is 2. The third kappa shape index (κ3) is 7.98. The molecule has 1 aliphatic carbocycles. The lowest BCUT2D eigenvalue weighted by Gasteiger charge is -2.29. The molecule has 1 atom stereocenters. The number of carbonyl (C=O) groups excluding carboxylic acids is 2. The topological polar surface area (TPSA) is 61.8 Å². The Morgan fingerprint density at radius 2 is 1.59 bits per heavy atom. The highest BCUT2D eigenvalue weighted by Crippen LogP contribution is 2.35. The van der Waals surface area contributed by atoms with E-state index in [1.54, 1.807) is 12.1 Å². The Kier molecular flexibility index (Phi) is 10.8. The van der Waals surface area contributed by atoms with Crippen molar-refractivity contribution in [2.45, 2.75) is 89.8 Å². The van der Waals surface area contributed by atoms with Gasteiger partial charge < -0.3 is 14.2 Å². The smallest absolute Gasteiger partial charge is 0.346 e. The van der Waals surface area contributed by atoms with Gasteiger partial charge in [-0.05, 0) is 74.3 Å². The van der Waals surface area contributed by atoms with E-state index in [9.17, 15) is 22.8 Å². The van der Waals surface area contributed by atoms with Gasteiger partial charge in [0, 0.05) is 0 Å². The minimum absolute atomic E-state index is 0.196. The number of ether oxygens (including phenoxy) is 3. The van der Waals surface area contributed by atoms with Crippen molar-refractivity contribution >= 4 is 11.9 Å². The molecular formula is C29H35F3O5. The van der Waals surface area contributed by atoms with Crippen LogP contribution < -0.4 is 9.47 Å². The lowest BCUT2D eigenvalue weighted by Crippen LogP contribution is -2.28. The number of rotatable bonds is 12. The van der Waals surface area contributed by atoms with Crippen molar-refractivity contribution in [2.24, 2.45) is 0 Å². The summed E-state index contributed by atoms with van der Waals surface area (Å²) in [5, 5.41) is 0. The van der Waals surface area contributed by atoms with Crippen molar-refractivity contribution in [3.05, 3.63) is 59.2 Å². The van der Waals surface area contributed by atoms with Crippen LogP contribution in [0.5, 0.6) is 11.5 Å². The van der Waals surface area contributed by atoms with Crippen LogP contribution in [0.15, 0.2) is 36.4 Å². The SMILES string of the molecule is CCCCOc1ccc(C(=O)Oc2ccc(C3CCC(OC(=O)[C@@H](F)CCCC)CC3)cc2)c(F)c1F. The first-order valence-electron chi connectivity index (χ1n) is 13.1. The Morgan fingerprint density at radius 1 is 0.919 bits per heavy atom. The largest absolute Gasteiger partial charge is 0.490 e. The van der Waals surface area contributed by atoms with Crippen LogP contribution in [0.1, 0.15) is 93.5 Å². The van der Waals surface area contributed by atoms with Crippen molar-refractivity contribution in [3.63, 3.8) is 0 Å². The lowest BCUT2D eigenvalue weighted by atomic mass is 9.83. The molecule has 2 aromatic rings. The summed E-state index contributed by atoms with van der Waals surface area (Å²) in [4.78, 5) is 24.4. The van der Waals surface area contributed by atoms with Gasteiger partial charge in [0.15, 0.2) is 17.7 Å². The number of benzene rings is 2. The number of esters is 2. The van der Waals surface area contributed by atoms with E-state index < -0.39 is 35.3 Å². The molecule has 37 heavy (non-hydrogen) atoms. The molecule has 0 amide bonds. The lowest BCUT2D eigenvalue weighted by molar-refractivity contribution is -0.157. The molecule has 0 heterocycles. The zero-order valence-corrected chi connectivity index (χ0v) is 21.4. The molecule has 3 rings (SSSR count). The van der Waals surface area contributed by atoms with Crippen molar-refractivity contribution in [1.82, 2.24) is 0 Å². The van der Waals surface area contributed by atoms with Gasteiger partial charge in [0.1, 0.15) is 11.9 Å². The van der Waals surface area contributed by atoms with E-state index in [4.69, 9.17) is 14.2 Å². The van der Waals surface area contributed by atoms with Gasteiger partial charge in [-0.25, -0.2) is 18.4 Å². The average molecular weight is 521 g/mol. The van der Waals surface area contributed by atoms with Crippen molar-refractivity contribution in [2.75, 3.05) is 6.61 Å². The summed E-state index contributed by atoms with van der Waals surface area (Å²) in [5.74, 6) is -4.09. The van der Waals surface area contributed by atoms with Gasteiger partial charge in [0.25, 0.3) is 0 Å². The first kappa shape index (κ1) is 28.5. The average Bonchev–Trinajstić information content (AvgIpc) is 2.90. The van der Waals surface area contributed by atoms with E-state index >= 15 is 0 Å². The van der Waals surface area contributed by atoms with Gasteiger partial charge in [-0.2, -0.15) is 4.39 Å². The van der Waals surface area contributed by atoms with Crippen LogP contribution in [0.25, 0.3) is 0 Å². The third-order valence-electron chi connectivity index (χ3n) is 6.61. The molecule has 0 spiro atoms.